The molecule has 2 rings (SSSR count). The van der Waals surface area contributed by atoms with Crippen molar-refractivity contribution in [1.82, 2.24) is 4.90 Å². The molecule has 1 aromatic carbocycles. The molecule has 0 aliphatic carbocycles. The summed E-state index contributed by atoms with van der Waals surface area (Å²) in [5.74, 6) is -0.0123. The van der Waals surface area contributed by atoms with Crippen molar-refractivity contribution < 1.29 is 9.53 Å². The summed E-state index contributed by atoms with van der Waals surface area (Å²) in [7, 11) is 0. The molecule has 0 radical (unpaired) electrons. The van der Waals surface area contributed by atoms with Gasteiger partial charge in [0.15, 0.2) is 0 Å². The highest BCUT2D eigenvalue weighted by Gasteiger charge is 2.29. The van der Waals surface area contributed by atoms with Crippen molar-refractivity contribution in [3.05, 3.63) is 35.9 Å². The van der Waals surface area contributed by atoms with Gasteiger partial charge < -0.3 is 15.4 Å². The maximum atomic E-state index is 11.7. The predicted molar refractivity (Wildman–Crippen MR) is 65.4 cm³/mol. The number of morpholine rings is 1. The second-order valence-corrected chi connectivity index (χ2v) is 4.33. The zero-order valence-electron chi connectivity index (χ0n) is 10.0. The minimum atomic E-state index is -0.0390. The molecule has 1 saturated heterocycles. The number of rotatable bonds is 2. The van der Waals surface area contributed by atoms with Crippen LogP contribution in [0.25, 0.3) is 0 Å². The molecule has 2 N–H and O–H groups in total. The second-order valence-electron chi connectivity index (χ2n) is 4.33. The highest BCUT2D eigenvalue weighted by Crippen LogP contribution is 2.24. The normalized spacial score (nSPS) is 24.7. The number of nitrogens with two attached hydrogens (primary N) is 1. The molecule has 1 aromatic rings. The molecule has 1 fully saturated rings. The monoisotopic (exact) mass is 234 g/mol. The number of carbonyl (C=O) groups excluding carboxylic acids is 1. The number of ether oxygens (including phenoxy) is 1. The van der Waals surface area contributed by atoms with Gasteiger partial charge in [-0.15, -0.1) is 0 Å². The van der Waals surface area contributed by atoms with E-state index in [2.05, 4.69) is 0 Å². The van der Waals surface area contributed by atoms with Crippen molar-refractivity contribution in [2.45, 2.75) is 19.1 Å². The lowest BCUT2D eigenvalue weighted by molar-refractivity contribution is -0.142. The first-order valence-corrected chi connectivity index (χ1v) is 5.88. The maximum absolute atomic E-state index is 11.7. The van der Waals surface area contributed by atoms with Crippen LogP contribution in [0.5, 0.6) is 0 Å². The number of carbonyl (C=O) groups is 1. The lowest BCUT2D eigenvalue weighted by Crippen LogP contribution is -2.50. The van der Waals surface area contributed by atoms with E-state index in [4.69, 9.17) is 10.5 Å². The highest BCUT2D eigenvalue weighted by atomic mass is 16.5. The number of benzene rings is 1. The largest absolute Gasteiger partial charge is 0.370 e. The van der Waals surface area contributed by atoms with Crippen LogP contribution in [0.3, 0.4) is 0 Å². The van der Waals surface area contributed by atoms with Gasteiger partial charge in [-0.25, -0.2) is 0 Å². The Kier molecular flexibility index (Phi) is 3.76. The topological polar surface area (TPSA) is 55.6 Å². The summed E-state index contributed by atoms with van der Waals surface area (Å²) in [4.78, 5) is 13.5. The Labute approximate surface area is 101 Å². The summed E-state index contributed by atoms with van der Waals surface area (Å²) in [6, 6.07) is 10.1. The van der Waals surface area contributed by atoms with E-state index in [9.17, 15) is 4.79 Å². The molecular formula is C13H18N2O2. The Morgan fingerprint density at radius 3 is 2.82 bits per heavy atom. The minimum absolute atomic E-state index is 0.0123. The first-order chi connectivity index (χ1) is 8.22. The molecule has 0 unspecified atom stereocenters. The predicted octanol–water partition coefficient (Wildman–Crippen LogP) is 0.934. The van der Waals surface area contributed by atoms with E-state index in [1.54, 1.807) is 4.90 Å². The summed E-state index contributed by atoms with van der Waals surface area (Å²) in [6.07, 6.45) is -0.0390. The summed E-state index contributed by atoms with van der Waals surface area (Å²) in [6.45, 7) is 3.19. The third kappa shape index (κ3) is 2.65. The van der Waals surface area contributed by atoms with Gasteiger partial charge in [0, 0.05) is 0 Å². The van der Waals surface area contributed by atoms with Gasteiger partial charge in [0.2, 0.25) is 5.91 Å². The van der Waals surface area contributed by atoms with Gasteiger partial charge in [0.05, 0.1) is 25.7 Å². The average molecular weight is 234 g/mol. The molecule has 1 amide bonds. The van der Waals surface area contributed by atoms with Gasteiger partial charge in [-0.3, -0.25) is 4.79 Å². The minimum Gasteiger partial charge on any atom is -0.370 e. The van der Waals surface area contributed by atoms with Crippen LogP contribution in [-0.4, -0.2) is 36.5 Å². The fraction of sp³-hybridized carbons (Fsp3) is 0.462. The molecular weight excluding hydrogens is 216 g/mol. The van der Waals surface area contributed by atoms with E-state index in [1.807, 2.05) is 37.3 Å². The maximum Gasteiger partial charge on any atom is 0.236 e. The molecule has 4 nitrogen and oxygen atoms in total. The van der Waals surface area contributed by atoms with E-state index in [0.717, 1.165) is 5.56 Å². The summed E-state index contributed by atoms with van der Waals surface area (Å²) < 4.78 is 5.77. The lowest BCUT2D eigenvalue weighted by atomic mass is 10.1. The summed E-state index contributed by atoms with van der Waals surface area (Å²) >= 11 is 0. The molecule has 2 atom stereocenters. The molecule has 0 bridgehead atoms. The van der Waals surface area contributed by atoms with Gasteiger partial charge in [-0.1, -0.05) is 30.3 Å². The van der Waals surface area contributed by atoms with Crippen LogP contribution in [0, 0.1) is 0 Å². The molecule has 1 heterocycles. The number of hydrogen-bond donors (Lipinski definition) is 1. The first-order valence-electron chi connectivity index (χ1n) is 5.88. The molecule has 1 aliphatic heterocycles. The zero-order chi connectivity index (χ0) is 12.3. The quantitative estimate of drug-likeness (QED) is 0.828. The van der Waals surface area contributed by atoms with Crippen molar-refractivity contribution >= 4 is 5.91 Å². The first kappa shape index (κ1) is 12.1. The fourth-order valence-electron chi connectivity index (χ4n) is 2.09. The Hall–Kier alpha value is -1.39. The third-order valence-corrected chi connectivity index (χ3v) is 3.10. The van der Waals surface area contributed by atoms with Crippen LogP contribution in [0.4, 0.5) is 0 Å². The Bertz CT molecular complexity index is 380. The Morgan fingerprint density at radius 1 is 1.47 bits per heavy atom. The van der Waals surface area contributed by atoms with Crippen LogP contribution in [-0.2, 0) is 9.53 Å². The molecule has 0 aromatic heterocycles. The van der Waals surface area contributed by atoms with Crippen LogP contribution in [0.15, 0.2) is 30.3 Å². The van der Waals surface area contributed by atoms with Crippen molar-refractivity contribution in [2.75, 3.05) is 19.7 Å². The SMILES string of the molecule is C[C@@H]1CO[C@H](c2ccccc2)CN1C(=O)CN. The van der Waals surface area contributed by atoms with E-state index in [-0.39, 0.29) is 24.6 Å². The van der Waals surface area contributed by atoms with E-state index in [0.29, 0.717) is 13.2 Å². The number of nitrogens with zero attached hydrogens (tertiary/aromatic N) is 1. The van der Waals surface area contributed by atoms with Crippen LogP contribution in [0.1, 0.15) is 18.6 Å². The van der Waals surface area contributed by atoms with Crippen LogP contribution in [0.2, 0.25) is 0 Å². The third-order valence-electron chi connectivity index (χ3n) is 3.10. The molecule has 0 saturated carbocycles. The average Bonchev–Trinajstić information content (AvgIpc) is 2.39. The van der Waals surface area contributed by atoms with E-state index < -0.39 is 0 Å². The zero-order valence-corrected chi connectivity index (χ0v) is 10.0. The van der Waals surface area contributed by atoms with Gasteiger partial charge in [0.25, 0.3) is 0 Å². The fourth-order valence-corrected chi connectivity index (χ4v) is 2.09. The summed E-state index contributed by atoms with van der Waals surface area (Å²) in [5.41, 5.74) is 6.52. The smallest absolute Gasteiger partial charge is 0.236 e. The lowest BCUT2D eigenvalue weighted by Gasteiger charge is -2.38. The van der Waals surface area contributed by atoms with Crippen LogP contribution >= 0.6 is 0 Å². The van der Waals surface area contributed by atoms with Crippen LogP contribution < -0.4 is 5.73 Å². The van der Waals surface area contributed by atoms with Gasteiger partial charge >= 0.3 is 0 Å². The Balaban J connectivity index is 2.10. The number of hydrogen-bond acceptors (Lipinski definition) is 3. The molecule has 17 heavy (non-hydrogen) atoms. The molecule has 0 spiro atoms. The molecule has 1 aliphatic rings. The molecule has 92 valence electrons. The van der Waals surface area contributed by atoms with E-state index >= 15 is 0 Å². The van der Waals surface area contributed by atoms with E-state index in [1.165, 1.54) is 0 Å². The Morgan fingerprint density at radius 2 is 2.18 bits per heavy atom. The van der Waals surface area contributed by atoms with Crippen molar-refractivity contribution in [3.8, 4) is 0 Å². The highest BCUT2D eigenvalue weighted by molar-refractivity contribution is 5.78. The van der Waals surface area contributed by atoms with Gasteiger partial charge in [0.1, 0.15) is 6.10 Å². The van der Waals surface area contributed by atoms with Crippen molar-refractivity contribution in [2.24, 2.45) is 5.73 Å². The van der Waals surface area contributed by atoms with Crippen molar-refractivity contribution in [1.29, 1.82) is 0 Å². The standard InChI is InChI=1S/C13H18N2O2/c1-10-9-17-12(8-15(10)13(16)7-14)11-5-3-2-4-6-11/h2-6,10,12H,7-9,14H2,1H3/t10-,12+/m1/s1. The van der Waals surface area contributed by atoms with Gasteiger partial charge in [-0.2, -0.15) is 0 Å². The number of amides is 1. The summed E-state index contributed by atoms with van der Waals surface area (Å²) in [5, 5.41) is 0. The van der Waals surface area contributed by atoms with Gasteiger partial charge in [-0.05, 0) is 12.5 Å². The van der Waals surface area contributed by atoms with Crippen molar-refractivity contribution in [3.63, 3.8) is 0 Å². The second kappa shape index (κ2) is 5.29. The molecule has 4 heteroatoms.